The first-order valence-electron chi connectivity index (χ1n) is 49.0. The van der Waals surface area contributed by atoms with Gasteiger partial charge in [-0.2, -0.15) is 0 Å². The summed E-state index contributed by atoms with van der Waals surface area (Å²) in [5.74, 6) is -5.86. The second-order valence-corrected chi connectivity index (χ2v) is 42.6. The summed E-state index contributed by atoms with van der Waals surface area (Å²) >= 11 is 0. The molecule has 5 heterocycles. The molecule has 0 aliphatic carbocycles. The maximum atomic E-state index is 14.1. The zero-order valence-electron chi connectivity index (χ0n) is 87.3. The third-order valence-electron chi connectivity index (χ3n) is 23.0. The average molecular weight is 2040 g/mol. The van der Waals surface area contributed by atoms with Crippen LogP contribution in [0.5, 0.6) is 0 Å². The fourth-order valence-corrected chi connectivity index (χ4v) is 18.1. The van der Waals surface area contributed by atoms with E-state index in [4.69, 9.17) is 76.0 Å². The average Bonchev–Trinajstić information content (AvgIpc) is 1.48. The number of pyridine rings is 2. The summed E-state index contributed by atoms with van der Waals surface area (Å²) in [6.45, 7) is 32.1. The lowest BCUT2D eigenvalue weighted by atomic mass is 9.77. The molecule has 9 amide bonds. The van der Waals surface area contributed by atoms with Crippen LogP contribution in [-0.4, -0.2) is 320 Å². The highest BCUT2D eigenvalue weighted by Crippen LogP contribution is 2.44. The minimum Gasteiger partial charge on any atom is -0.481 e. The van der Waals surface area contributed by atoms with Crippen LogP contribution in [0.25, 0.3) is 22.3 Å². The van der Waals surface area contributed by atoms with Crippen LogP contribution in [0.3, 0.4) is 0 Å². The summed E-state index contributed by atoms with van der Waals surface area (Å²) < 4.78 is 92.1. The number of amides is 9. The molecule has 3 aliphatic rings. The van der Waals surface area contributed by atoms with Gasteiger partial charge in [-0.1, -0.05) is 87.4 Å². The molecule has 0 radical (unpaired) electrons. The van der Waals surface area contributed by atoms with E-state index in [1.807, 2.05) is 106 Å². The molecule has 1 aromatic carbocycles. The summed E-state index contributed by atoms with van der Waals surface area (Å²) in [4.78, 5) is 173. The summed E-state index contributed by atoms with van der Waals surface area (Å²) in [6.07, 6.45) is -8.96. The zero-order valence-corrected chi connectivity index (χ0v) is 87.3. The molecular weight excluding hydrogens is 1890 g/mol. The largest absolute Gasteiger partial charge is 0.481 e. The van der Waals surface area contributed by atoms with Gasteiger partial charge in [-0.25, -0.2) is 29.0 Å². The second-order valence-electron chi connectivity index (χ2n) is 42.6. The van der Waals surface area contributed by atoms with E-state index < -0.39 is 218 Å². The molecule has 6 rings (SSSR count). The number of nitrogens with one attached hydrogen (secondary N) is 7. The number of para-hydroxylation sites is 1. The van der Waals surface area contributed by atoms with Crippen LogP contribution in [0.4, 0.5) is 14.4 Å². The molecule has 0 saturated carbocycles. The van der Waals surface area contributed by atoms with Crippen molar-refractivity contribution < 1.29 is 159 Å². The maximum Gasteiger partial charge on any atom is 0.407 e. The topological polar surface area (TPSA) is 587 Å². The van der Waals surface area contributed by atoms with Gasteiger partial charge >= 0.3 is 36.2 Å². The van der Waals surface area contributed by atoms with E-state index in [1.165, 1.54) is 6.92 Å². The van der Waals surface area contributed by atoms with E-state index in [9.17, 15) is 93.0 Å². The van der Waals surface area contributed by atoms with Crippen molar-refractivity contribution in [1.29, 1.82) is 0 Å². The molecule has 44 nitrogen and oxygen atoms in total. The van der Waals surface area contributed by atoms with E-state index in [2.05, 4.69) is 37.2 Å². The van der Waals surface area contributed by atoms with Crippen LogP contribution < -0.4 is 42.8 Å². The Bertz CT molecular complexity index is 4790. The third kappa shape index (κ3) is 43.6. The molecule has 2 aromatic heterocycles. The fourth-order valence-electron chi connectivity index (χ4n) is 18.1. The number of aliphatic hydroxyl groups excluding tert-OH is 5. The van der Waals surface area contributed by atoms with Crippen molar-refractivity contribution in [3.63, 3.8) is 0 Å². The van der Waals surface area contributed by atoms with Gasteiger partial charge in [-0.05, 0) is 160 Å². The minimum atomic E-state index is -2.05. The molecule has 144 heavy (non-hydrogen) atoms. The number of carboxylic acid groups (broad SMARTS) is 1. The molecular formula is C100H158N10O34. The Morgan fingerprint density at radius 1 is 0.493 bits per heavy atom. The molecule has 0 fully saturated rings. The summed E-state index contributed by atoms with van der Waals surface area (Å²) in [7, 11) is 0. The van der Waals surface area contributed by atoms with Crippen molar-refractivity contribution >= 4 is 82.5 Å². The van der Waals surface area contributed by atoms with Crippen molar-refractivity contribution in [3.8, 4) is 11.4 Å². The van der Waals surface area contributed by atoms with Gasteiger partial charge in [-0.15, -0.1) is 0 Å². The van der Waals surface area contributed by atoms with Gasteiger partial charge in [0.25, 0.3) is 17.4 Å². The van der Waals surface area contributed by atoms with Crippen molar-refractivity contribution in [2.24, 2.45) is 21.7 Å². The lowest BCUT2D eigenvalue weighted by Crippen LogP contribution is -2.50. The molecule has 0 spiro atoms. The van der Waals surface area contributed by atoms with Crippen molar-refractivity contribution in [2.45, 2.75) is 319 Å². The number of aromatic nitrogens is 2. The Kier molecular flexibility index (Phi) is 48.3. The Hall–Kier alpha value is -10.0. The number of rotatable bonds is 67. The zero-order chi connectivity index (χ0) is 107. The molecule has 10 atom stereocenters. The van der Waals surface area contributed by atoms with Gasteiger partial charge in [0.15, 0.2) is 25.2 Å². The number of carbonyl (C=O) groups excluding carboxylic acids is 11. The Morgan fingerprint density at radius 2 is 0.931 bits per heavy atom. The predicted molar refractivity (Wildman–Crippen MR) is 521 cm³/mol. The molecule has 3 aromatic rings. The van der Waals surface area contributed by atoms with Crippen LogP contribution >= 0.6 is 0 Å². The Morgan fingerprint density at radius 3 is 1.40 bits per heavy atom. The fraction of sp³-hybridized carbons (Fsp3) is 0.720. The number of alkyl carbamates (subject to hydrolysis) is 3. The van der Waals surface area contributed by atoms with E-state index >= 15 is 0 Å². The van der Waals surface area contributed by atoms with Gasteiger partial charge in [-0.3, -0.25) is 43.3 Å². The lowest BCUT2D eigenvalue weighted by molar-refractivity contribution is -0.257. The number of aliphatic hydroxyl groups is 5. The molecule has 0 bridgehead atoms. The Labute approximate surface area is 842 Å². The van der Waals surface area contributed by atoms with Gasteiger partial charge in [0.05, 0.1) is 142 Å². The number of fused-ring (bicyclic) bond motifs is 5. The molecule has 812 valence electrons. The lowest BCUT2D eigenvalue weighted by Gasteiger charge is -2.41. The highest BCUT2D eigenvalue weighted by atomic mass is 16.7. The normalized spacial score (nSPS) is 16.5. The van der Waals surface area contributed by atoms with Crippen molar-refractivity contribution in [2.75, 3.05) is 125 Å². The summed E-state index contributed by atoms with van der Waals surface area (Å²) in [5.41, 5.74) is -6.48. The first-order valence-corrected chi connectivity index (χ1v) is 49.0. The Balaban J connectivity index is 1.04. The van der Waals surface area contributed by atoms with E-state index in [0.717, 1.165) is 28.0 Å². The number of hydrogen-bond donors (Lipinski definition) is 13. The first-order chi connectivity index (χ1) is 67.3. The number of cyclic esters (lactones) is 1. The standard InChI is InChI=1S/C100H158N10O34/c1-21-100(71-45-73-85-65(44-64-24-22-23-25-72(64)108-85)50-110(73)86(124)70(71)56-132-88(100)126)144-87(125)63(2)107-77(119)29-34-105-90(128)133-57-82(140-93(6,7)8)137-67(52-112)47-95(11,12)61-98(17,18)143-84(59-135-91(129)106-35-30-80(122)123)139-69(54-114)49-96(13,14)62-99(19,20)142-83(138-68(53-113)48-94(9,10)60-97(15,16)141-81(55-115)136-66(51-111)46-92(3,4)5)58-134-89(127)104-33-28-74(116)101-36-37-102-76(118)32-40-130-42-43-131-41-38-103-75(117)31-39-109-78(120)26-27-79(109)121/h22-27,44-45,63,66-69,81-84,111-115H,21,28-43,46-62H2,1-20H3,(H,101,116)(H,102,118)(H,103,117)(H,104,127)(H,105,128)(H,106,129)(H,107,119)(H,122,123)/t63-,66?,67?,68?,69?,81?,82?,83?,84?,100-/m0/s1. The highest BCUT2D eigenvalue weighted by molar-refractivity contribution is 6.13. The van der Waals surface area contributed by atoms with Crippen LogP contribution in [0.15, 0.2) is 53.3 Å². The number of carbonyl (C=O) groups is 12. The summed E-state index contributed by atoms with van der Waals surface area (Å²) in [6, 6.07) is 9.75. The van der Waals surface area contributed by atoms with Crippen molar-refractivity contribution in [3.05, 3.63) is 75.6 Å². The van der Waals surface area contributed by atoms with Crippen LogP contribution in [0, 0.1) is 21.7 Å². The number of carboxylic acids is 1. The first kappa shape index (κ1) is 123. The van der Waals surface area contributed by atoms with Gasteiger partial charge in [0.2, 0.25) is 29.2 Å². The minimum absolute atomic E-state index is 0.0177. The number of hydrogen-bond acceptors (Lipinski definition) is 34. The third-order valence-corrected chi connectivity index (χ3v) is 23.0. The molecule has 8 unspecified atom stereocenters. The molecule has 44 heteroatoms. The van der Waals surface area contributed by atoms with Crippen LogP contribution in [0.2, 0.25) is 0 Å². The second kappa shape index (κ2) is 56.8. The van der Waals surface area contributed by atoms with Crippen molar-refractivity contribution in [1.82, 2.24) is 51.7 Å². The van der Waals surface area contributed by atoms with Gasteiger partial charge < -0.3 is 143 Å². The monoisotopic (exact) mass is 2040 g/mol. The summed E-state index contributed by atoms with van der Waals surface area (Å²) in [5, 5.41) is 81.9. The molecule has 0 saturated heterocycles. The SMILES string of the molecule is CC[C@@]1(OC(=O)[C@H](C)NC(=O)CCNC(=O)OCC(OC(CO)CC(C)(C)CC(C)(C)OC(COC(=O)NCCC(=O)O)OC(CO)CC(C)(C)CC(C)(C)OC(COC(=O)NCCC(=O)NCCNC(=O)CCOCCOCCNC(=O)CCN2C(=O)C=CC2=O)OC(CO)CC(C)(C)CC(C)(C)OC(CO)OC(CO)CC(C)(C)C)OC(C)(C)C)C(=O)OCc2c1cc1n(c2=O)Cc2cc3ccccc3nc2-1. The maximum absolute atomic E-state index is 14.1. The highest BCUT2D eigenvalue weighted by Gasteiger charge is 2.52. The predicted octanol–water partition coefficient (Wildman–Crippen LogP) is 6.52. The molecule has 3 aliphatic heterocycles. The van der Waals surface area contributed by atoms with Gasteiger partial charge in [0, 0.05) is 100 Å². The number of imide groups is 1. The van der Waals surface area contributed by atoms with Gasteiger partial charge in [0.1, 0.15) is 32.5 Å². The van der Waals surface area contributed by atoms with Crippen LogP contribution in [0.1, 0.15) is 239 Å². The number of benzene rings is 1. The molecule has 13 N–H and O–H groups in total. The quantitative estimate of drug-likeness (QED) is 0.00735. The van der Waals surface area contributed by atoms with Crippen LogP contribution in [-0.2, 0) is 133 Å². The van der Waals surface area contributed by atoms with E-state index in [-0.39, 0.29) is 185 Å². The van der Waals surface area contributed by atoms with E-state index in [0.29, 0.717) is 29.7 Å². The number of esters is 2. The number of ether oxygens (including phenoxy) is 15. The number of nitrogens with zero attached hydrogens (tertiary/aromatic N) is 3. The van der Waals surface area contributed by atoms with E-state index in [1.54, 1.807) is 66.0 Å². The smallest absolute Gasteiger partial charge is 0.407 e. The number of aliphatic carboxylic acids is 1.